The van der Waals surface area contributed by atoms with E-state index in [1.165, 1.54) is 0 Å². The minimum absolute atomic E-state index is 0.165. The lowest BCUT2D eigenvalue weighted by Gasteiger charge is -2.09. The topological polar surface area (TPSA) is 21.3 Å². The largest absolute Gasteiger partial charge is 0.497 e. The van der Waals surface area contributed by atoms with Crippen LogP contribution in [0, 0.1) is 0 Å². The van der Waals surface area contributed by atoms with E-state index in [0.717, 1.165) is 11.4 Å². The highest BCUT2D eigenvalue weighted by Gasteiger charge is 1.95. The van der Waals surface area contributed by atoms with Crippen LogP contribution in [0.25, 0.3) is 0 Å². The number of benzene rings is 1. The lowest BCUT2D eigenvalue weighted by atomic mass is 10.3. The van der Waals surface area contributed by atoms with Gasteiger partial charge in [0.25, 0.3) is 0 Å². The number of anilines is 1. The molecule has 0 saturated heterocycles. The molecule has 0 heterocycles. The highest BCUT2D eigenvalue weighted by atomic mass is 32.1. The number of nitrogens with one attached hydrogen (secondary N) is 1. The van der Waals surface area contributed by atoms with Gasteiger partial charge in [0.05, 0.1) is 12.5 Å². The average Bonchev–Trinajstić information content (AvgIpc) is 2.05. The zero-order valence-electron chi connectivity index (χ0n) is 7.24. The predicted molar refractivity (Wildman–Crippen MR) is 55.1 cm³/mol. The predicted octanol–water partition coefficient (Wildman–Crippen LogP) is 2.38. The van der Waals surface area contributed by atoms with Crippen molar-refractivity contribution in [1.82, 2.24) is 0 Å². The first-order chi connectivity index (χ1) is 5.72. The Morgan fingerprint density at radius 3 is 2.33 bits per heavy atom. The van der Waals surface area contributed by atoms with E-state index in [-0.39, 0.29) is 5.37 Å². The molecule has 0 radical (unpaired) electrons. The van der Waals surface area contributed by atoms with Crippen molar-refractivity contribution in [2.24, 2.45) is 0 Å². The Morgan fingerprint density at radius 1 is 1.33 bits per heavy atom. The van der Waals surface area contributed by atoms with Gasteiger partial charge >= 0.3 is 0 Å². The van der Waals surface area contributed by atoms with Crippen molar-refractivity contribution in [3.8, 4) is 5.75 Å². The van der Waals surface area contributed by atoms with Crippen LogP contribution in [0.5, 0.6) is 5.75 Å². The Bertz CT molecular complexity index is 233. The molecule has 2 nitrogen and oxygen atoms in total. The molecule has 0 saturated carbocycles. The monoisotopic (exact) mass is 183 g/mol. The smallest absolute Gasteiger partial charge is 0.119 e. The Kier molecular flexibility index (Phi) is 3.29. The second-order valence-corrected chi connectivity index (χ2v) is 3.32. The molecule has 3 heteroatoms. The summed E-state index contributed by atoms with van der Waals surface area (Å²) in [4.78, 5) is 0. The first-order valence-corrected chi connectivity index (χ1v) is 4.32. The van der Waals surface area contributed by atoms with Gasteiger partial charge in [0.1, 0.15) is 5.75 Å². The number of hydrogen-bond donors (Lipinski definition) is 2. The zero-order chi connectivity index (χ0) is 8.97. The third kappa shape index (κ3) is 2.66. The summed E-state index contributed by atoms with van der Waals surface area (Å²) in [6, 6.07) is 7.76. The SMILES string of the molecule is COc1ccc(NC(C)S)cc1. The average molecular weight is 183 g/mol. The van der Waals surface area contributed by atoms with Crippen LogP contribution in [-0.4, -0.2) is 12.5 Å². The van der Waals surface area contributed by atoms with Crippen LogP contribution in [0.1, 0.15) is 6.92 Å². The zero-order valence-corrected chi connectivity index (χ0v) is 8.14. The van der Waals surface area contributed by atoms with Crippen molar-refractivity contribution in [3.05, 3.63) is 24.3 Å². The summed E-state index contributed by atoms with van der Waals surface area (Å²) in [7, 11) is 1.66. The molecule has 0 fully saturated rings. The van der Waals surface area contributed by atoms with Gasteiger partial charge < -0.3 is 10.1 Å². The molecule has 0 aliphatic rings. The van der Waals surface area contributed by atoms with E-state index in [1.54, 1.807) is 7.11 Å². The lowest BCUT2D eigenvalue weighted by Crippen LogP contribution is -2.06. The molecular weight excluding hydrogens is 170 g/mol. The molecule has 0 aliphatic carbocycles. The Balaban J connectivity index is 2.65. The van der Waals surface area contributed by atoms with E-state index < -0.39 is 0 Å². The maximum atomic E-state index is 5.03. The first kappa shape index (κ1) is 9.26. The minimum Gasteiger partial charge on any atom is -0.497 e. The summed E-state index contributed by atoms with van der Waals surface area (Å²) >= 11 is 4.22. The van der Waals surface area contributed by atoms with Gasteiger partial charge in [-0.15, -0.1) is 0 Å². The first-order valence-electron chi connectivity index (χ1n) is 3.81. The van der Waals surface area contributed by atoms with Gasteiger partial charge in [-0.2, -0.15) is 12.6 Å². The Morgan fingerprint density at radius 2 is 1.92 bits per heavy atom. The third-order valence-corrected chi connectivity index (χ3v) is 1.59. The van der Waals surface area contributed by atoms with Gasteiger partial charge in [0.2, 0.25) is 0 Å². The highest BCUT2D eigenvalue weighted by molar-refractivity contribution is 7.81. The molecule has 0 bridgehead atoms. The van der Waals surface area contributed by atoms with Gasteiger partial charge in [0.15, 0.2) is 0 Å². The molecule has 0 spiro atoms. The number of ether oxygens (including phenoxy) is 1. The van der Waals surface area contributed by atoms with Crippen molar-refractivity contribution >= 4 is 18.3 Å². The quantitative estimate of drug-likeness (QED) is 0.554. The van der Waals surface area contributed by atoms with Crippen LogP contribution in [0.3, 0.4) is 0 Å². The molecule has 1 rings (SSSR count). The van der Waals surface area contributed by atoms with Gasteiger partial charge in [-0.05, 0) is 31.2 Å². The summed E-state index contributed by atoms with van der Waals surface area (Å²) in [5.74, 6) is 0.868. The van der Waals surface area contributed by atoms with Crippen molar-refractivity contribution in [2.45, 2.75) is 12.3 Å². The van der Waals surface area contributed by atoms with Gasteiger partial charge in [0, 0.05) is 5.69 Å². The third-order valence-electron chi connectivity index (χ3n) is 1.47. The molecule has 1 unspecified atom stereocenters. The van der Waals surface area contributed by atoms with E-state index in [4.69, 9.17) is 4.74 Å². The normalized spacial score (nSPS) is 12.2. The summed E-state index contributed by atoms with van der Waals surface area (Å²) in [5.41, 5.74) is 1.05. The summed E-state index contributed by atoms with van der Waals surface area (Å²) < 4.78 is 5.03. The number of methoxy groups -OCH3 is 1. The maximum absolute atomic E-state index is 5.03. The Labute approximate surface area is 78.3 Å². The molecule has 0 aliphatic heterocycles. The van der Waals surface area contributed by atoms with Crippen LogP contribution in [0.4, 0.5) is 5.69 Å². The minimum atomic E-state index is 0.165. The molecular formula is C9H13NOS. The molecule has 1 atom stereocenters. The van der Waals surface area contributed by atoms with Gasteiger partial charge in [-0.3, -0.25) is 0 Å². The van der Waals surface area contributed by atoms with Gasteiger partial charge in [-0.25, -0.2) is 0 Å². The fourth-order valence-corrected chi connectivity index (χ4v) is 1.08. The van der Waals surface area contributed by atoms with Gasteiger partial charge in [-0.1, -0.05) is 0 Å². The summed E-state index contributed by atoms with van der Waals surface area (Å²) in [5, 5.41) is 3.33. The van der Waals surface area contributed by atoms with E-state index in [9.17, 15) is 0 Å². The number of rotatable bonds is 3. The molecule has 0 aromatic heterocycles. The second kappa shape index (κ2) is 4.26. The number of hydrogen-bond acceptors (Lipinski definition) is 3. The van der Waals surface area contributed by atoms with Crippen molar-refractivity contribution < 1.29 is 4.74 Å². The molecule has 1 N–H and O–H groups in total. The van der Waals surface area contributed by atoms with Crippen LogP contribution in [0.2, 0.25) is 0 Å². The standard InChI is InChI=1S/C9H13NOS/c1-7(12)10-8-3-5-9(11-2)6-4-8/h3-7,10,12H,1-2H3. The molecule has 1 aromatic carbocycles. The van der Waals surface area contributed by atoms with E-state index >= 15 is 0 Å². The second-order valence-electron chi connectivity index (χ2n) is 2.55. The highest BCUT2D eigenvalue weighted by Crippen LogP contribution is 2.15. The summed E-state index contributed by atoms with van der Waals surface area (Å²) in [6.07, 6.45) is 0. The Hall–Kier alpha value is -0.830. The fourth-order valence-electron chi connectivity index (χ4n) is 0.928. The molecule has 0 amide bonds. The van der Waals surface area contributed by atoms with E-state index in [0.29, 0.717) is 0 Å². The van der Waals surface area contributed by atoms with Crippen LogP contribution in [-0.2, 0) is 0 Å². The van der Waals surface area contributed by atoms with E-state index in [2.05, 4.69) is 17.9 Å². The van der Waals surface area contributed by atoms with E-state index in [1.807, 2.05) is 31.2 Å². The number of thiol groups is 1. The van der Waals surface area contributed by atoms with Crippen molar-refractivity contribution in [1.29, 1.82) is 0 Å². The lowest BCUT2D eigenvalue weighted by molar-refractivity contribution is 0.415. The fraction of sp³-hybridized carbons (Fsp3) is 0.333. The molecule has 66 valence electrons. The molecule has 12 heavy (non-hydrogen) atoms. The summed E-state index contributed by atoms with van der Waals surface area (Å²) in [6.45, 7) is 1.98. The molecule has 1 aromatic rings. The maximum Gasteiger partial charge on any atom is 0.119 e. The van der Waals surface area contributed by atoms with Crippen LogP contribution >= 0.6 is 12.6 Å². The van der Waals surface area contributed by atoms with Crippen LogP contribution in [0.15, 0.2) is 24.3 Å². The van der Waals surface area contributed by atoms with Crippen LogP contribution < -0.4 is 10.1 Å². The van der Waals surface area contributed by atoms with Crippen molar-refractivity contribution in [2.75, 3.05) is 12.4 Å². The van der Waals surface area contributed by atoms with Crippen molar-refractivity contribution in [3.63, 3.8) is 0 Å².